The number of hydrogen-bond donors (Lipinski definition) is 2. The van der Waals surface area contributed by atoms with E-state index in [0.717, 1.165) is 5.52 Å². The normalized spacial score (nSPS) is 11.7. The van der Waals surface area contributed by atoms with Crippen molar-refractivity contribution < 1.29 is 19.8 Å². The number of aromatic carboxylic acids is 1. The molecule has 0 amide bonds. The molecule has 0 spiro atoms. The Morgan fingerprint density at radius 3 is 2.47 bits per heavy atom. The van der Waals surface area contributed by atoms with Gasteiger partial charge in [0, 0.05) is 23.6 Å². The number of fused-ring (bicyclic) bond motifs is 1. The lowest BCUT2D eigenvalue weighted by molar-refractivity contribution is -0.147. The number of hydrogen-bond acceptors (Lipinski definition) is 2. The van der Waals surface area contributed by atoms with Gasteiger partial charge >= 0.3 is 11.9 Å². The van der Waals surface area contributed by atoms with E-state index in [1.54, 1.807) is 42.8 Å². The van der Waals surface area contributed by atoms with Crippen LogP contribution in [-0.2, 0) is 11.3 Å². The highest BCUT2D eigenvalue weighted by atomic mass is 16.4. The summed E-state index contributed by atoms with van der Waals surface area (Å²) >= 11 is 0. The molecule has 5 heteroatoms. The highest BCUT2D eigenvalue weighted by molar-refractivity contribution is 6.03. The molecule has 2 aromatic rings. The van der Waals surface area contributed by atoms with E-state index in [2.05, 4.69) is 0 Å². The lowest BCUT2D eigenvalue weighted by atomic mass is 9.94. The van der Waals surface area contributed by atoms with Gasteiger partial charge in [0.05, 0.1) is 11.0 Å². The van der Waals surface area contributed by atoms with E-state index < -0.39 is 17.4 Å². The fraction of sp³-hybridized carbons (Fsp3) is 0.286. The van der Waals surface area contributed by atoms with Crippen molar-refractivity contribution in [1.82, 2.24) is 4.57 Å². The summed E-state index contributed by atoms with van der Waals surface area (Å²) in [6.45, 7) is 3.57. The average molecular weight is 261 g/mol. The highest BCUT2D eigenvalue weighted by Crippen LogP contribution is 2.25. The minimum atomic E-state index is -0.985. The van der Waals surface area contributed by atoms with Gasteiger partial charge in [-0.05, 0) is 32.0 Å². The number of nitrogens with zero attached hydrogens (tertiary/aromatic N) is 1. The molecular formula is C14H15NO4. The fourth-order valence-electron chi connectivity index (χ4n) is 2.04. The second-order valence-corrected chi connectivity index (χ2v) is 5.18. The van der Waals surface area contributed by atoms with Crippen molar-refractivity contribution in [3.05, 3.63) is 36.0 Å². The summed E-state index contributed by atoms with van der Waals surface area (Å²) in [4.78, 5) is 22.3. The predicted octanol–water partition coefficient (Wildman–Crippen LogP) is 2.45. The van der Waals surface area contributed by atoms with Crippen molar-refractivity contribution in [2.45, 2.75) is 20.4 Å². The minimum absolute atomic E-state index is 0.226. The number of benzene rings is 1. The van der Waals surface area contributed by atoms with Gasteiger partial charge in [-0.15, -0.1) is 0 Å². The smallest absolute Gasteiger partial charge is 0.336 e. The van der Waals surface area contributed by atoms with E-state index in [1.807, 2.05) is 0 Å². The van der Waals surface area contributed by atoms with Crippen LogP contribution >= 0.6 is 0 Å². The first-order valence-electron chi connectivity index (χ1n) is 5.87. The quantitative estimate of drug-likeness (QED) is 0.886. The monoisotopic (exact) mass is 261 g/mol. The Hall–Kier alpha value is -2.30. The summed E-state index contributed by atoms with van der Waals surface area (Å²) in [5, 5.41) is 18.9. The number of aromatic nitrogens is 1. The molecule has 0 aliphatic carbocycles. The molecule has 0 aliphatic heterocycles. The van der Waals surface area contributed by atoms with Crippen molar-refractivity contribution in [1.29, 1.82) is 0 Å². The Balaban J connectivity index is 2.50. The molecule has 1 aromatic heterocycles. The topological polar surface area (TPSA) is 79.5 Å². The third-order valence-corrected chi connectivity index (χ3v) is 3.19. The molecule has 0 bridgehead atoms. The molecule has 1 aromatic carbocycles. The molecule has 0 saturated heterocycles. The number of rotatable bonds is 4. The highest BCUT2D eigenvalue weighted by Gasteiger charge is 2.28. The van der Waals surface area contributed by atoms with E-state index in [4.69, 9.17) is 10.2 Å². The first-order valence-corrected chi connectivity index (χ1v) is 5.87. The second kappa shape index (κ2) is 4.42. The van der Waals surface area contributed by atoms with Crippen LogP contribution in [-0.4, -0.2) is 26.7 Å². The van der Waals surface area contributed by atoms with Crippen molar-refractivity contribution in [2.75, 3.05) is 0 Å². The van der Waals surface area contributed by atoms with E-state index in [9.17, 15) is 9.59 Å². The van der Waals surface area contributed by atoms with Crippen LogP contribution in [0.25, 0.3) is 10.9 Å². The van der Waals surface area contributed by atoms with Crippen LogP contribution in [0.1, 0.15) is 24.2 Å². The largest absolute Gasteiger partial charge is 0.481 e. The SMILES string of the molecule is CC(C)(Cn1ccc2c(C(=O)O)cccc21)C(=O)O. The van der Waals surface area contributed by atoms with Gasteiger partial charge in [-0.1, -0.05) is 6.07 Å². The van der Waals surface area contributed by atoms with Crippen molar-refractivity contribution in [2.24, 2.45) is 5.41 Å². The van der Waals surface area contributed by atoms with E-state index in [0.29, 0.717) is 5.39 Å². The third-order valence-electron chi connectivity index (χ3n) is 3.19. The van der Waals surface area contributed by atoms with Gasteiger partial charge in [0.2, 0.25) is 0 Å². The van der Waals surface area contributed by atoms with Crippen molar-refractivity contribution >= 4 is 22.8 Å². The Morgan fingerprint density at radius 1 is 1.21 bits per heavy atom. The zero-order valence-electron chi connectivity index (χ0n) is 10.8. The molecule has 0 fully saturated rings. The van der Waals surface area contributed by atoms with Gasteiger partial charge in [-0.25, -0.2) is 4.79 Å². The summed E-state index contributed by atoms with van der Waals surface area (Å²) in [6.07, 6.45) is 1.72. The lowest BCUT2D eigenvalue weighted by Crippen LogP contribution is -2.28. The first kappa shape index (κ1) is 13.1. The van der Waals surface area contributed by atoms with Gasteiger partial charge < -0.3 is 14.8 Å². The summed E-state index contributed by atoms with van der Waals surface area (Å²) in [7, 11) is 0. The third kappa shape index (κ3) is 2.31. The second-order valence-electron chi connectivity index (χ2n) is 5.18. The summed E-state index contributed by atoms with van der Waals surface area (Å²) in [5.41, 5.74) is 0.0455. The van der Waals surface area contributed by atoms with Gasteiger partial charge in [0.25, 0.3) is 0 Å². The zero-order valence-corrected chi connectivity index (χ0v) is 10.8. The molecule has 2 N–H and O–H groups in total. The van der Waals surface area contributed by atoms with E-state index in [1.165, 1.54) is 6.07 Å². The summed E-state index contributed by atoms with van der Waals surface area (Å²) < 4.78 is 1.77. The standard InChI is InChI=1S/C14H15NO4/c1-14(2,13(18)19)8-15-7-6-9-10(12(16)17)4-3-5-11(9)15/h3-7H,8H2,1-2H3,(H,16,17)(H,18,19). The maximum absolute atomic E-state index is 11.2. The van der Waals surface area contributed by atoms with E-state index >= 15 is 0 Å². The fourth-order valence-corrected chi connectivity index (χ4v) is 2.04. The minimum Gasteiger partial charge on any atom is -0.481 e. The molecule has 0 radical (unpaired) electrons. The first-order chi connectivity index (χ1) is 8.83. The average Bonchev–Trinajstić information content (AvgIpc) is 2.71. The molecule has 0 unspecified atom stereocenters. The van der Waals surface area contributed by atoms with Crippen molar-refractivity contribution in [3.63, 3.8) is 0 Å². The Kier molecular flexibility index (Phi) is 3.06. The Bertz CT molecular complexity index is 655. The number of carboxylic acids is 2. The predicted molar refractivity (Wildman–Crippen MR) is 70.3 cm³/mol. The van der Waals surface area contributed by atoms with Crippen LogP contribution in [0.2, 0.25) is 0 Å². The van der Waals surface area contributed by atoms with Crippen LogP contribution in [0.3, 0.4) is 0 Å². The molecule has 19 heavy (non-hydrogen) atoms. The molecule has 0 atom stereocenters. The van der Waals surface area contributed by atoms with Gasteiger partial charge in [-0.2, -0.15) is 0 Å². The van der Waals surface area contributed by atoms with Gasteiger partial charge in [0.1, 0.15) is 0 Å². The van der Waals surface area contributed by atoms with Gasteiger partial charge in [-0.3, -0.25) is 4.79 Å². The summed E-state index contributed by atoms with van der Waals surface area (Å²) in [6, 6.07) is 6.70. The number of carboxylic acid groups (broad SMARTS) is 2. The van der Waals surface area contributed by atoms with Crippen molar-refractivity contribution in [3.8, 4) is 0 Å². The van der Waals surface area contributed by atoms with E-state index in [-0.39, 0.29) is 12.1 Å². The van der Waals surface area contributed by atoms with Crippen LogP contribution in [0, 0.1) is 5.41 Å². The lowest BCUT2D eigenvalue weighted by Gasteiger charge is -2.20. The molecule has 2 rings (SSSR count). The molecule has 1 heterocycles. The molecule has 5 nitrogen and oxygen atoms in total. The number of carbonyl (C=O) groups is 2. The molecule has 100 valence electrons. The summed E-state index contributed by atoms with van der Waals surface area (Å²) in [5.74, 6) is -1.87. The Labute approximate surface area is 110 Å². The maximum Gasteiger partial charge on any atom is 0.336 e. The van der Waals surface area contributed by atoms with Crippen LogP contribution in [0.5, 0.6) is 0 Å². The molecule has 0 saturated carbocycles. The molecular weight excluding hydrogens is 246 g/mol. The van der Waals surface area contributed by atoms with Crippen LogP contribution < -0.4 is 0 Å². The zero-order chi connectivity index (χ0) is 14.2. The molecule has 0 aliphatic rings. The van der Waals surface area contributed by atoms with Crippen LogP contribution in [0.4, 0.5) is 0 Å². The van der Waals surface area contributed by atoms with Crippen LogP contribution in [0.15, 0.2) is 30.5 Å². The maximum atomic E-state index is 11.2. The van der Waals surface area contributed by atoms with Gasteiger partial charge in [0.15, 0.2) is 0 Å². The Morgan fingerprint density at radius 2 is 1.89 bits per heavy atom. The number of aliphatic carboxylic acids is 1.